The zero-order valence-corrected chi connectivity index (χ0v) is 18.5. The third-order valence-corrected chi connectivity index (χ3v) is 6.80. The SMILES string of the molecule is Cc1c(Cl)cc(-c2ccccc2)c(O)c1C(=O)Nc1ccc(S(=O)(=O)C(F)(F)F)cc1Cl. The predicted molar refractivity (Wildman–Crippen MR) is 116 cm³/mol. The van der Waals surface area contributed by atoms with Gasteiger partial charge in [-0.15, -0.1) is 0 Å². The number of alkyl halides is 3. The molecule has 5 nitrogen and oxygen atoms in total. The maximum absolute atomic E-state index is 12.9. The number of halogens is 5. The van der Waals surface area contributed by atoms with E-state index in [0.29, 0.717) is 23.3 Å². The molecule has 0 aliphatic rings. The fourth-order valence-electron chi connectivity index (χ4n) is 2.93. The predicted octanol–water partition coefficient (Wildman–Crippen LogP) is 6.22. The summed E-state index contributed by atoms with van der Waals surface area (Å²) in [6.45, 7) is 1.51. The number of nitrogens with one attached hydrogen (secondary N) is 1. The highest BCUT2D eigenvalue weighted by molar-refractivity contribution is 7.92. The molecular weight excluding hydrogens is 490 g/mol. The molecular formula is C21H14Cl2F3NO4S. The van der Waals surface area contributed by atoms with Crippen LogP contribution in [0.4, 0.5) is 18.9 Å². The molecule has 168 valence electrons. The fraction of sp³-hybridized carbons (Fsp3) is 0.0952. The van der Waals surface area contributed by atoms with Crippen LogP contribution in [0.15, 0.2) is 59.5 Å². The van der Waals surface area contributed by atoms with Crippen molar-refractivity contribution in [2.24, 2.45) is 0 Å². The van der Waals surface area contributed by atoms with Gasteiger partial charge in [0, 0.05) is 10.6 Å². The van der Waals surface area contributed by atoms with Crippen LogP contribution in [-0.2, 0) is 9.84 Å². The Bertz CT molecular complexity index is 1310. The smallest absolute Gasteiger partial charge is 0.501 e. The van der Waals surface area contributed by atoms with Crippen molar-refractivity contribution in [2.45, 2.75) is 17.3 Å². The quantitative estimate of drug-likeness (QED) is 0.442. The molecule has 0 bridgehead atoms. The van der Waals surface area contributed by atoms with Gasteiger partial charge < -0.3 is 10.4 Å². The number of carbonyl (C=O) groups excluding carboxylic acids is 1. The summed E-state index contributed by atoms with van der Waals surface area (Å²) in [5.41, 5.74) is -4.67. The lowest BCUT2D eigenvalue weighted by atomic mass is 9.97. The Morgan fingerprint density at radius 1 is 1.00 bits per heavy atom. The first kappa shape index (κ1) is 23.9. The monoisotopic (exact) mass is 503 g/mol. The molecule has 0 radical (unpaired) electrons. The first-order valence-electron chi connectivity index (χ1n) is 8.84. The molecule has 0 saturated carbocycles. The third kappa shape index (κ3) is 4.41. The van der Waals surface area contributed by atoms with Crippen molar-refractivity contribution < 1.29 is 31.5 Å². The third-order valence-electron chi connectivity index (χ3n) is 4.61. The second-order valence-corrected chi connectivity index (χ2v) is 9.42. The van der Waals surface area contributed by atoms with E-state index in [2.05, 4.69) is 5.32 Å². The van der Waals surface area contributed by atoms with E-state index in [0.717, 1.165) is 6.07 Å². The lowest BCUT2D eigenvalue weighted by Crippen LogP contribution is -2.23. The van der Waals surface area contributed by atoms with Gasteiger partial charge in [0.25, 0.3) is 15.7 Å². The molecule has 3 aromatic carbocycles. The standard InChI is InChI=1S/C21H14Cl2F3NO4S/c1-11-15(22)10-14(12-5-3-2-4-6-12)19(28)18(11)20(29)27-17-8-7-13(9-16(17)23)32(30,31)21(24,25)26/h2-10,28H,1H3,(H,27,29). The Balaban J connectivity index is 2.01. The highest BCUT2D eigenvalue weighted by atomic mass is 35.5. The molecule has 1 amide bonds. The van der Waals surface area contributed by atoms with Crippen molar-refractivity contribution in [3.8, 4) is 16.9 Å². The molecule has 3 rings (SSSR count). The van der Waals surface area contributed by atoms with Crippen LogP contribution in [0.25, 0.3) is 11.1 Å². The van der Waals surface area contributed by atoms with Crippen LogP contribution in [0, 0.1) is 6.92 Å². The van der Waals surface area contributed by atoms with Gasteiger partial charge in [0.1, 0.15) is 5.75 Å². The second kappa shape index (κ2) is 8.65. The average Bonchev–Trinajstić information content (AvgIpc) is 2.72. The summed E-state index contributed by atoms with van der Waals surface area (Å²) in [6, 6.07) is 12.3. The van der Waals surface area contributed by atoms with Crippen molar-refractivity contribution >= 4 is 44.6 Å². The maximum atomic E-state index is 12.9. The summed E-state index contributed by atoms with van der Waals surface area (Å²) in [7, 11) is -5.61. The van der Waals surface area contributed by atoms with Gasteiger partial charge in [0.05, 0.1) is 21.2 Å². The molecule has 0 fully saturated rings. The molecule has 0 heterocycles. The summed E-state index contributed by atoms with van der Waals surface area (Å²) in [5.74, 6) is -1.20. The van der Waals surface area contributed by atoms with Crippen LogP contribution in [0.5, 0.6) is 5.75 Å². The molecule has 2 N–H and O–H groups in total. The van der Waals surface area contributed by atoms with Crippen LogP contribution >= 0.6 is 23.2 Å². The van der Waals surface area contributed by atoms with Gasteiger partial charge in [-0.1, -0.05) is 53.5 Å². The second-order valence-electron chi connectivity index (χ2n) is 6.67. The molecule has 0 aromatic heterocycles. The largest absolute Gasteiger partial charge is 0.506 e. The van der Waals surface area contributed by atoms with Crippen LogP contribution in [0.2, 0.25) is 10.0 Å². The van der Waals surface area contributed by atoms with E-state index >= 15 is 0 Å². The van der Waals surface area contributed by atoms with Crippen molar-refractivity contribution in [1.29, 1.82) is 0 Å². The van der Waals surface area contributed by atoms with E-state index in [4.69, 9.17) is 23.2 Å². The number of phenolic OH excluding ortho intramolecular Hbond substituents is 1. The summed E-state index contributed by atoms with van der Waals surface area (Å²) >= 11 is 12.2. The lowest BCUT2D eigenvalue weighted by molar-refractivity contribution is -0.0436. The van der Waals surface area contributed by atoms with E-state index in [1.54, 1.807) is 30.3 Å². The topological polar surface area (TPSA) is 83.5 Å². The van der Waals surface area contributed by atoms with Gasteiger partial charge >= 0.3 is 5.51 Å². The zero-order chi connectivity index (χ0) is 23.8. The Labute approximate surface area is 191 Å². The molecule has 0 spiro atoms. The highest BCUT2D eigenvalue weighted by Gasteiger charge is 2.47. The molecule has 0 aliphatic heterocycles. The summed E-state index contributed by atoms with van der Waals surface area (Å²) in [5, 5.41) is 12.9. The number of anilines is 1. The van der Waals surface area contributed by atoms with Crippen molar-refractivity contribution in [1.82, 2.24) is 0 Å². The fourth-order valence-corrected chi connectivity index (χ4v) is 4.22. The Kier molecular flexibility index (Phi) is 6.46. The van der Waals surface area contributed by atoms with E-state index < -0.39 is 31.2 Å². The van der Waals surface area contributed by atoms with E-state index in [1.807, 2.05) is 0 Å². The van der Waals surface area contributed by atoms with Crippen molar-refractivity contribution in [3.05, 3.63) is 75.8 Å². The molecule has 0 aliphatic carbocycles. The number of hydrogen-bond donors (Lipinski definition) is 2. The van der Waals surface area contributed by atoms with Gasteiger partial charge in [0.2, 0.25) is 0 Å². The minimum Gasteiger partial charge on any atom is -0.506 e. The molecule has 0 atom stereocenters. The Morgan fingerprint density at radius 2 is 1.62 bits per heavy atom. The van der Waals surface area contributed by atoms with Gasteiger partial charge in [-0.05, 0) is 42.3 Å². The maximum Gasteiger partial charge on any atom is 0.501 e. The first-order valence-corrected chi connectivity index (χ1v) is 11.1. The summed E-state index contributed by atoms with van der Waals surface area (Å²) < 4.78 is 61.3. The molecule has 3 aromatic rings. The van der Waals surface area contributed by atoms with Crippen LogP contribution in [0.1, 0.15) is 15.9 Å². The number of benzene rings is 3. The summed E-state index contributed by atoms with van der Waals surface area (Å²) in [6.07, 6.45) is 0. The van der Waals surface area contributed by atoms with E-state index in [9.17, 15) is 31.5 Å². The number of aromatic hydroxyl groups is 1. The van der Waals surface area contributed by atoms with Gasteiger partial charge in [-0.25, -0.2) is 8.42 Å². The molecule has 0 saturated heterocycles. The Hall–Kier alpha value is -2.75. The highest BCUT2D eigenvalue weighted by Crippen LogP contribution is 2.39. The number of amides is 1. The minimum absolute atomic E-state index is 0.155. The first-order chi connectivity index (χ1) is 14.8. The Morgan fingerprint density at radius 3 is 2.19 bits per heavy atom. The molecule has 32 heavy (non-hydrogen) atoms. The number of hydrogen-bond acceptors (Lipinski definition) is 4. The number of phenols is 1. The van der Waals surface area contributed by atoms with Crippen molar-refractivity contribution in [2.75, 3.05) is 5.32 Å². The van der Waals surface area contributed by atoms with E-state index in [1.165, 1.54) is 13.0 Å². The van der Waals surface area contributed by atoms with Gasteiger partial charge in [-0.2, -0.15) is 13.2 Å². The minimum atomic E-state index is -5.61. The summed E-state index contributed by atoms with van der Waals surface area (Å²) in [4.78, 5) is 11.8. The van der Waals surface area contributed by atoms with Gasteiger partial charge in [0.15, 0.2) is 0 Å². The molecule has 11 heteroatoms. The number of carbonyl (C=O) groups is 1. The number of sulfone groups is 1. The molecule has 0 unspecified atom stereocenters. The lowest BCUT2D eigenvalue weighted by Gasteiger charge is -2.16. The van der Waals surface area contributed by atoms with Gasteiger partial charge in [-0.3, -0.25) is 4.79 Å². The van der Waals surface area contributed by atoms with E-state index in [-0.39, 0.29) is 27.6 Å². The number of rotatable bonds is 4. The van der Waals surface area contributed by atoms with Crippen molar-refractivity contribution in [3.63, 3.8) is 0 Å². The zero-order valence-electron chi connectivity index (χ0n) is 16.2. The average molecular weight is 504 g/mol. The normalized spacial score (nSPS) is 11.9. The van der Waals surface area contributed by atoms with Crippen LogP contribution in [-0.4, -0.2) is 24.9 Å². The van der Waals surface area contributed by atoms with Crippen LogP contribution < -0.4 is 5.32 Å². The van der Waals surface area contributed by atoms with Crippen LogP contribution in [0.3, 0.4) is 0 Å².